The minimum absolute atomic E-state index is 0.113. The zero-order valence-corrected chi connectivity index (χ0v) is 9.28. The van der Waals surface area contributed by atoms with Crippen LogP contribution in [-0.2, 0) is 23.0 Å². The lowest BCUT2D eigenvalue weighted by molar-refractivity contribution is 0.0693. The molecule has 0 N–H and O–H groups in total. The van der Waals surface area contributed by atoms with Gasteiger partial charge in [0.1, 0.15) is 13.5 Å². The lowest BCUT2D eigenvalue weighted by Gasteiger charge is -2.27. The van der Waals surface area contributed by atoms with Crippen LogP contribution in [0.5, 0.6) is 0 Å². The lowest BCUT2D eigenvalue weighted by Crippen LogP contribution is -2.46. The van der Waals surface area contributed by atoms with Crippen molar-refractivity contribution in [3.8, 4) is 0 Å². The molecule has 3 fully saturated rings. The average molecular weight is 235 g/mol. The Morgan fingerprint density at radius 2 is 1.80 bits per heavy atom. The number of nitrogens with zero attached hydrogens (tertiary/aromatic N) is 1. The second kappa shape index (κ2) is 4.22. The Labute approximate surface area is 89.4 Å². The zero-order chi connectivity index (χ0) is 10.1. The van der Waals surface area contributed by atoms with Crippen molar-refractivity contribution >= 4 is 8.60 Å². The molecule has 3 saturated heterocycles. The monoisotopic (exact) mass is 235 g/mol. The van der Waals surface area contributed by atoms with Gasteiger partial charge in [-0.15, -0.1) is 0 Å². The number of hydrogen-bond donors (Lipinski definition) is 0. The van der Waals surface area contributed by atoms with Crippen LogP contribution in [-0.4, -0.2) is 56.9 Å². The molecular formula is C8H14NO5P. The SMILES string of the molecule is C1COP(OCC23COCN2COC3)O1. The maximum absolute atomic E-state index is 5.61. The van der Waals surface area contributed by atoms with Gasteiger partial charge in [-0.2, -0.15) is 0 Å². The van der Waals surface area contributed by atoms with Gasteiger partial charge < -0.3 is 23.0 Å². The van der Waals surface area contributed by atoms with E-state index in [2.05, 4.69) is 4.90 Å². The Kier molecular flexibility index (Phi) is 2.91. The molecule has 0 aromatic rings. The summed E-state index contributed by atoms with van der Waals surface area (Å²) < 4.78 is 27.0. The minimum atomic E-state index is -1.13. The van der Waals surface area contributed by atoms with E-state index in [4.69, 9.17) is 23.0 Å². The maximum atomic E-state index is 5.61. The topological polar surface area (TPSA) is 49.4 Å². The van der Waals surface area contributed by atoms with Gasteiger partial charge in [-0.25, -0.2) is 4.90 Å². The van der Waals surface area contributed by atoms with Crippen LogP contribution in [0.1, 0.15) is 0 Å². The van der Waals surface area contributed by atoms with E-state index in [9.17, 15) is 0 Å². The molecule has 3 aliphatic rings. The van der Waals surface area contributed by atoms with E-state index in [1.807, 2.05) is 0 Å². The highest BCUT2D eigenvalue weighted by atomic mass is 31.2. The van der Waals surface area contributed by atoms with E-state index in [0.29, 0.717) is 46.5 Å². The molecule has 0 saturated carbocycles. The van der Waals surface area contributed by atoms with Crippen molar-refractivity contribution in [3.63, 3.8) is 0 Å². The molecule has 0 unspecified atom stereocenters. The molecule has 3 heterocycles. The van der Waals surface area contributed by atoms with Gasteiger partial charge in [0.2, 0.25) is 0 Å². The van der Waals surface area contributed by atoms with Crippen LogP contribution < -0.4 is 0 Å². The quantitative estimate of drug-likeness (QED) is 0.655. The van der Waals surface area contributed by atoms with Crippen LogP contribution >= 0.6 is 8.60 Å². The fraction of sp³-hybridized carbons (Fsp3) is 1.00. The van der Waals surface area contributed by atoms with Gasteiger partial charge in [-0.3, -0.25) is 0 Å². The largest absolute Gasteiger partial charge is 0.364 e. The molecule has 3 rings (SSSR count). The van der Waals surface area contributed by atoms with Gasteiger partial charge in [0.05, 0.1) is 38.6 Å². The highest BCUT2D eigenvalue weighted by Gasteiger charge is 2.47. The van der Waals surface area contributed by atoms with Gasteiger partial charge in [-0.1, -0.05) is 0 Å². The second-order valence-corrected chi connectivity index (χ2v) is 5.10. The average Bonchev–Trinajstić information content (AvgIpc) is 2.91. The van der Waals surface area contributed by atoms with Crippen LogP contribution in [0.2, 0.25) is 0 Å². The summed E-state index contributed by atoms with van der Waals surface area (Å²) in [5.41, 5.74) is -0.113. The summed E-state index contributed by atoms with van der Waals surface area (Å²) in [7, 11) is -1.13. The van der Waals surface area contributed by atoms with Crippen LogP contribution in [0.25, 0.3) is 0 Å². The van der Waals surface area contributed by atoms with E-state index < -0.39 is 8.60 Å². The van der Waals surface area contributed by atoms with Crippen molar-refractivity contribution in [1.82, 2.24) is 4.90 Å². The van der Waals surface area contributed by atoms with E-state index in [0.717, 1.165) is 0 Å². The summed E-state index contributed by atoms with van der Waals surface area (Å²) >= 11 is 0. The summed E-state index contributed by atoms with van der Waals surface area (Å²) in [6.45, 7) is 4.40. The van der Waals surface area contributed by atoms with Crippen LogP contribution in [0, 0.1) is 0 Å². The second-order valence-electron chi connectivity index (χ2n) is 3.88. The van der Waals surface area contributed by atoms with Crippen molar-refractivity contribution < 1.29 is 23.0 Å². The molecule has 0 spiro atoms. The third-order valence-electron chi connectivity index (χ3n) is 2.82. The molecule has 0 atom stereocenters. The molecule has 3 aliphatic heterocycles. The molecule has 0 aliphatic carbocycles. The Morgan fingerprint density at radius 1 is 1.13 bits per heavy atom. The summed E-state index contributed by atoms with van der Waals surface area (Å²) in [5.74, 6) is 0. The smallest absolute Gasteiger partial charge is 0.332 e. The summed E-state index contributed by atoms with van der Waals surface area (Å²) in [6.07, 6.45) is 0. The van der Waals surface area contributed by atoms with E-state index in [-0.39, 0.29) is 5.54 Å². The van der Waals surface area contributed by atoms with Gasteiger partial charge in [0, 0.05) is 0 Å². The Hall–Kier alpha value is 0.190. The number of rotatable bonds is 3. The van der Waals surface area contributed by atoms with Crippen molar-refractivity contribution in [3.05, 3.63) is 0 Å². The highest BCUT2D eigenvalue weighted by Crippen LogP contribution is 2.45. The fourth-order valence-electron chi connectivity index (χ4n) is 1.91. The number of fused-ring (bicyclic) bond motifs is 1. The predicted molar refractivity (Wildman–Crippen MR) is 51.0 cm³/mol. The summed E-state index contributed by atoms with van der Waals surface area (Å²) in [5, 5.41) is 0. The predicted octanol–water partition coefficient (Wildman–Crippen LogP) is 0.293. The first-order chi connectivity index (χ1) is 7.39. The van der Waals surface area contributed by atoms with Crippen molar-refractivity contribution in [1.29, 1.82) is 0 Å². The number of ether oxygens (including phenoxy) is 2. The molecule has 0 radical (unpaired) electrons. The van der Waals surface area contributed by atoms with Gasteiger partial charge >= 0.3 is 8.60 Å². The Morgan fingerprint density at radius 3 is 2.47 bits per heavy atom. The van der Waals surface area contributed by atoms with Crippen molar-refractivity contribution in [2.24, 2.45) is 0 Å². The van der Waals surface area contributed by atoms with Crippen LogP contribution in [0.3, 0.4) is 0 Å². The van der Waals surface area contributed by atoms with Crippen LogP contribution in [0.15, 0.2) is 0 Å². The molecule has 0 aromatic heterocycles. The molecule has 0 aromatic carbocycles. The van der Waals surface area contributed by atoms with E-state index in [1.54, 1.807) is 0 Å². The summed E-state index contributed by atoms with van der Waals surface area (Å²) in [4.78, 5) is 2.15. The minimum Gasteiger partial charge on any atom is -0.364 e. The molecule has 6 nitrogen and oxygen atoms in total. The zero-order valence-electron chi connectivity index (χ0n) is 8.39. The third kappa shape index (κ3) is 1.91. The lowest BCUT2D eigenvalue weighted by atomic mass is 10.0. The first kappa shape index (κ1) is 10.4. The first-order valence-electron chi connectivity index (χ1n) is 4.99. The van der Waals surface area contributed by atoms with Gasteiger partial charge in [-0.05, 0) is 0 Å². The van der Waals surface area contributed by atoms with Crippen LogP contribution in [0.4, 0.5) is 0 Å². The third-order valence-corrected chi connectivity index (χ3v) is 3.95. The van der Waals surface area contributed by atoms with Gasteiger partial charge in [0.25, 0.3) is 0 Å². The summed E-state index contributed by atoms with van der Waals surface area (Å²) in [6, 6.07) is 0. The van der Waals surface area contributed by atoms with E-state index in [1.165, 1.54) is 0 Å². The molecule has 15 heavy (non-hydrogen) atoms. The normalized spacial score (nSPS) is 31.2. The fourth-order valence-corrected chi connectivity index (χ4v) is 2.93. The standard InChI is InChI=1S/C8H14NO5P/c1-2-13-15(12-1)14-5-8-3-10-6-9(8)7-11-4-8/h1-7H2. The molecule has 86 valence electrons. The Bertz CT molecular complexity index is 225. The molecule has 0 amide bonds. The Balaban J connectivity index is 1.56. The molecule has 7 heteroatoms. The molecular weight excluding hydrogens is 221 g/mol. The van der Waals surface area contributed by atoms with Crippen molar-refractivity contribution in [2.45, 2.75) is 5.54 Å². The highest BCUT2D eigenvalue weighted by molar-refractivity contribution is 7.41. The maximum Gasteiger partial charge on any atom is 0.332 e. The van der Waals surface area contributed by atoms with Crippen molar-refractivity contribution in [2.75, 3.05) is 46.5 Å². The first-order valence-corrected chi connectivity index (χ1v) is 6.08. The van der Waals surface area contributed by atoms with E-state index >= 15 is 0 Å². The molecule has 0 bridgehead atoms. The number of hydrogen-bond acceptors (Lipinski definition) is 6. The van der Waals surface area contributed by atoms with Gasteiger partial charge in [0.15, 0.2) is 0 Å².